The van der Waals surface area contributed by atoms with Crippen molar-refractivity contribution in [3.63, 3.8) is 0 Å². The first-order valence-corrected chi connectivity index (χ1v) is 8.28. The summed E-state index contributed by atoms with van der Waals surface area (Å²) < 4.78 is 2.01. The van der Waals surface area contributed by atoms with Crippen LogP contribution in [0.15, 0.2) is 48.9 Å². The number of carbonyl (C=O) groups is 1. The molecule has 3 heterocycles. The molecule has 0 spiro atoms. The van der Waals surface area contributed by atoms with E-state index in [-0.39, 0.29) is 11.8 Å². The van der Waals surface area contributed by atoms with Gasteiger partial charge in [-0.15, -0.1) is 0 Å². The van der Waals surface area contributed by atoms with Crippen molar-refractivity contribution in [2.24, 2.45) is 5.92 Å². The van der Waals surface area contributed by atoms with Gasteiger partial charge in [0, 0.05) is 25.8 Å². The number of carbonyl (C=O) groups excluding carboxylic acids is 1. The van der Waals surface area contributed by atoms with Gasteiger partial charge in [0.15, 0.2) is 5.65 Å². The van der Waals surface area contributed by atoms with E-state index in [9.17, 15) is 4.79 Å². The Bertz CT molecular complexity index is 951. The van der Waals surface area contributed by atoms with Crippen molar-refractivity contribution in [2.45, 2.75) is 13.0 Å². The highest BCUT2D eigenvalue weighted by atomic mass is 16.2. The maximum Gasteiger partial charge on any atom is 0.255 e. The molecular weight excluding hydrogens is 314 g/mol. The minimum atomic E-state index is -0.0836. The van der Waals surface area contributed by atoms with Crippen LogP contribution < -0.4 is 0 Å². The summed E-state index contributed by atoms with van der Waals surface area (Å²) in [5.41, 5.74) is 3.29. The van der Waals surface area contributed by atoms with Gasteiger partial charge in [0.05, 0.1) is 23.9 Å². The molecule has 0 radical (unpaired) electrons. The number of pyridine rings is 1. The van der Waals surface area contributed by atoms with Crippen LogP contribution in [0.4, 0.5) is 0 Å². The van der Waals surface area contributed by atoms with E-state index in [0.29, 0.717) is 18.7 Å². The number of hydrogen-bond acceptors (Lipinski definition) is 4. The normalized spacial score (nSPS) is 14.3. The molecular formula is C19H17N5O. The number of nitrogens with zero attached hydrogens (tertiary/aromatic N) is 5. The Hall–Kier alpha value is -3.20. The molecule has 4 rings (SSSR count). The number of amides is 1. The second kappa shape index (κ2) is 6.36. The molecule has 1 aliphatic rings. The molecule has 0 bridgehead atoms. The minimum absolute atomic E-state index is 0.0437. The number of benzene rings is 1. The lowest BCUT2D eigenvalue weighted by Gasteiger charge is -2.35. The molecule has 0 unspecified atom stereocenters. The van der Waals surface area contributed by atoms with E-state index in [1.165, 1.54) is 5.56 Å². The second-order valence-corrected chi connectivity index (χ2v) is 6.28. The zero-order valence-corrected chi connectivity index (χ0v) is 13.7. The Labute approximate surface area is 145 Å². The molecule has 6 nitrogen and oxygen atoms in total. The largest absolute Gasteiger partial charge is 0.336 e. The van der Waals surface area contributed by atoms with Gasteiger partial charge in [0.25, 0.3) is 5.91 Å². The van der Waals surface area contributed by atoms with Crippen LogP contribution in [0.5, 0.6) is 0 Å². The molecule has 1 amide bonds. The molecule has 0 atom stereocenters. The number of hydrogen-bond donors (Lipinski definition) is 0. The third-order valence-corrected chi connectivity index (χ3v) is 4.54. The van der Waals surface area contributed by atoms with Gasteiger partial charge in [-0.3, -0.25) is 4.79 Å². The van der Waals surface area contributed by atoms with E-state index in [1.807, 2.05) is 22.8 Å². The van der Waals surface area contributed by atoms with Gasteiger partial charge in [0.2, 0.25) is 0 Å². The molecule has 25 heavy (non-hydrogen) atoms. The van der Waals surface area contributed by atoms with Crippen molar-refractivity contribution < 1.29 is 4.79 Å². The van der Waals surface area contributed by atoms with Crippen LogP contribution in [-0.2, 0) is 13.0 Å². The maximum atomic E-state index is 12.4. The zero-order chi connectivity index (χ0) is 17.2. The lowest BCUT2D eigenvalue weighted by molar-refractivity contribution is 0.0577. The van der Waals surface area contributed by atoms with Crippen LogP contribution in [-0.4, -0.2) is 38.4 Å². The highest BCUT2D eigenvalue weighted by Crippen LogP contribution is 2.19. The predicted octanol–water partition coefficient (Wildman–Crippen LogP) is 2.27. The minimum Gasteiger partial charge on any atom is -0.336 e. The summed E-state index contributed by atoms with van der Waals surface area (Å²) >= 11 is 0. The topological polar surface area (TPSA) is 74.8 Å². The first-order valence-electron chi connectivity index (χ1n) is 8.28. The van der Waals surface area contributed by atoms with Crippen LogP contribution in [0.25, 0.3) is 11.2 Å². The zero-order valence-electron chi connectivity index (χ0n) is 13.7. The number of imidazole rings is 1. The fourth-order valence-electron chi connectivity index (χ4n) is 3.03. The van der Waals surface area contributed by atoms with Crippen LogP contribution in [0.1, 0.15) is 15.9 Å². The van der Waals surface area contributed by atoms with E-state index >= 15 is 0 Å². The monoisotopic (exact) mass is 331 g/mol. The first-order chi connectivity index (χ1) is 12.2. The molecule has 1 aliphatic heterocycles. The van der Waals surface area contributed by atoms with Crippen LogP contribution in [0.3, 0.4) is 0 Å². The third-order valence-electron chi connectivity index (χ3n) is 4.54. The van der Waals surface area contributed by atoms with E-state index in [0.717, 1.165) is 24.1 Å². The fraction of sp³-hybridized carbons (Fsp3) is 0.263. The third kappa shape index (κ3) is 2.96. The van der Waals surface area contributed by atoms with Gasteiger partial charge in [-0.1, -0.05) is 30.3 Å². The molecule has 6 heteroatoms. The molecule has 1 saturated heterocycles. The van der Waals surface area contributed by atoms with E-state index < -0.39 is 0 Å². The predicted molar refractivity (Wildman–Crippen MR) is 92.7 cm³/mol. The van der Waals surface area contributed by atoms with Gasteiger partial charge in [0.1, 0.15) is 5.52 Å². The number of likely N-dealkylation sites (tertiary alicyclic amines) is 1. The molecule has 2 aromatic heterocycles. The fourth-order valence-corrected chi connectivity index (χ4v) is 3.03. The van der Waals surface area contributed by atoms with Crippen molar-refractivity contribution in [1.29, 1.82) is 5.26 Å². The lowest BCUT2D eigenvalue weighted by atomic mass is 10.0. The van der Waals surface area contributed by atoms with Gasteiger partial charge < -0.3 is 9.47 Å². The molecule has 0 aliphatic carbocycles. The Balaban J connectivity index is 1.49. The maximum absolute atomic E-state index is 12.4. The van der Waals surface area contributed by atoms with Gasteiger partial charge in [-0.2, -0.15) is 5.26 Å². The van der Waals surface area contributed by atoms with Crippen molar-refractivity contribution in [1.82, 2.24) is 19.4 Å². The summed E-state index contributed by atoms with van der Waals surface area (Å²) in [6, 6.07) is 14.2. The summed E-state index contributed by atoms with van der Waals surface area (Å²) in [5, 5.41) is 8.82. The number of rotatable bonds is 4. The highest BCUT2D eigenvalue weighted by Gasteiger charge is 2.31. The summed E-state index contributed by atoms with van der Waals surface area (Å²) in [5.74, 6) is -0.127. The second-order valence-electron chi connectivity index (χ2n) is 6.28. The van der Waals surface area contributed by atoms with Crippen LogP contribution >= 0.6 is 0 Å². The molecule has 3 aromatic rings. The smallest absolute Gasteiger partial charge is 0.255 e. The summed E-state index contributed by atoms with van der Waals surface area (Å²) in [7, 11) is 0. The van der Waals surface area contributed by atoms with Crippen LogP contribution in [0.2, 0.25) is 0 Å². The molecule has 1 aromatic carbocycles. The Morgan fingerprint density at radius 1 is 1.24 bits per heavy atom. The Morgan fingerprint density at radius 2 is 2.04 bits per heavy atom. The van der Waals surface area contributed by atoms with Gasteiger partial charge in [-0.05, 0) is 18.1 Å². The summed E-state index contributed by atoms with van der Waals surface area (Å²) in [6.45, 7) is 1.79. The highest BCUT2D eigenvalue weighted by molar-refractivity contribution is 5.96. The van der Waals surface area contributed by atoms with Crippen LogP contribution in [0, 0.1) is 17.2 Å². The Morgan fingerprint density at radius 3 is 2.80 bits per heavy atom. The molecule has 1 fully saturated rings. The summed E-state index contributed by atoms with van der Waals surface area (Å²) in [6.07, 6.45) is 4.27. The van der Waals surface area contributed by atoms with E-state index in [4.69, 9.17) is 5.26 Å². The number of fused-ring (bicyclic) bond motifs is 1. The van der Waals surface area contributed by atoms with Crippen molar-refractivity contribution in [3.05, 3.63) is 60.0 Å². The van der Waals surface area contributed by atoms with Gasteiger partial charge in [-0.25, -0.2) is 9.97 Å². The number of aromatic nitrogens is 3. The van der Waals surface area contributed by atoms with Gasteiger partial charge >= 0.3 is 0 Å². The summed E-state index contributed by atoms with van der Waals surface area (Å²) in [4.78, 5) is 22.9. The van der Waals surface area contributed by atoms with E-state index in [1.54, 1.807) is 23.5 Å². The van der Waals surface area contributed by atoms with Crippen molar-refractivity contribution >= 4 is 17.1 Å². The van der Waals surface area contributed by atoms with Crippen molar-refractivity contribution in [2.75, 3.05) is 13.1 Å². The van der Waals surface area contributed by atoms with E-state index in [2.05, 4.69) is 28.2 Å². The first kappa shape index (κ1) is 15.3. The molecule has 0 N–H and O–H groups in total. The Kier molecular flexibility index (Phi) is 3.90. The molecule has 0 saturated carbocycles. The lowest BCUT2D eigenvalue weighted by Crippen LogP contribution is -2.49. The quantitative estimate of drug-likeness (QED) is 0.735. The number of aryl methyl sites for hydroxylation is 2. The average Bonchev–Trinajstić information content (AvgIpc) is 3.02. The standard InChI is InChI=1S/C19H17N5O/c20-9-15-11-24(12-15)19(25)16-8-17-18(21-10-16)23(13-22-17)7-6-14-4-2-1-3-5-14/h1-5,8,10,13,15H,6-7,11-12H2. The number of nitriles is 1. The average molecular weight is 331 g/mol. The SMILES string of the molecule is N#CC1CN(C(=O)c2cnc3c(c2)ncn3CCc2ccccc2)C1. The van der Waals surface area contributed by atoms with Crippen molar-refractivity contribution in [3.8, 4) is 6.07 Å². The molecule has 124 valence electrons.